The van der Waals surface area contributed by atoms with E-state index in [0.717, 1.165) is 4.31 Å². The van der Waals surface area contributed by atoms with Crippen molar-refractivity contribution >= 4 is 32.7 Å². The Morgan fingerprint density at radius 3 is 2.56 bits per heavy atom. The highest BCUT2D eigenvalue weighted by molar-refractivity contribution is 7.90. The van der Waals surface area contributed by atoms with E-state index < -0.39 is 10.2 Å². The molecule has 0 atom stereocenters. The first-order valence-electron chi connectivity index (χ1n) is 8.45. The van der Waals surface area contributed by atoms with Crippen LogP contribution in [0.3, 0.4) is 0 Å². The summed E-state index contributed by atoms with van der Waals surface area (Å²) in [6.45, 7) is 1.21. The molecule has 0 spiro atoms. The number of phenolic OH excluding ortho intramolecular Hbond substituents is 1. The number of hydrogen-bond acceptors (Lipinski definition) is 6. The first kappa shape index (κ1) is 17.7. The van der Waals surface area contributed by atoms with E-state index in [-0.39, 0.29) is 24.8 Å². The maximum absolute atomic E-state index is 13.4. The van der Waals surface area contributed by atoms with Crippen LogP contribution < -0.4 is 4.31 Å². The maximum Gasteiger partial charge on any atom is 0.311 e. The van der Waals surface area contributed by atoms with Gasteiger partial charge in [0.1, 0.15) is 5.75 Å². The van der Waals surface area contributed by atoms with Gasteiger partial charge in [-0.15, -0.1) is 0 Å². The molecule has 2 heterocycles. The molecule has 140 valence electrons. The Kier molecular flexibility index (Phi) is 4.65. The fourth-order valence-corrected chi connectivity index (χ4v) is 4.43. The predicted octanol–water partition coefficient (Wildman–Crippen LogP) is 2.05. The van der Waals surface area contributed by atoms with Crippen molar-refractivity contribution in [1.29, 1.82) is 0 Å². The van der Waals surface area contributed by atoms with Crippen molar-refractivity contribution < 1.29 is 18.3 Å². The van der Waals surface area contributed by atoms with Gasteiger partial charge >= 0.3 is 10.2 Å². The maximum atomic E-state index is 13.4. The van der Waals surface area contributed by atoms with Gasteiger partial charge in [0, 0.05) is 30.7 Å². The second kappa shape index (κ2) is 7.10. The lowest BCUT2D eigenvalue weighted by Crippen LogP contribution is -2.47. The molecule has 0 amide bonds. The summed E-state index contributed by atoms with van der Waals surface area (Å²) in [6, 6.07) is 13.4. The number of benzene rings is 2. The van der Waals surface area contributed by atoms with Gasteiger partial charge in [0.2, 0.25) is 5.95 Å². The molecule has 0 saturated carbocycles. The summed E-state index contributed by atoms with van der Waals surface area (Å²) < 4.78 is 34.5. The molecule has 0 unspecified atom stereocenters. The second-order valence-electron chi connectivity index (χ2n) is 6.03. The number of aromatic nitrogens is 2. The summed E-state index contributed by atoms with van der Waals surface area (Å²) in [4.78, 5) is 8.66. The number of morpholine rings is 1. The van der Waals surface area contributed by atoms with Crippen LogP contribution in [0.1, 0.15) is 0 Å². The summed E-state index contributed by atoms with van der Waals surface area (Å²) in [6.07, 6.45) is 1.54. The van der Waals surface area contributed by atoms with Crippen LogP contribution in [0.15, 0.2) is 54.7 Å². The highest BCUT2D eigenvalue weighted by Gasteiger charge is 2.34. The van der Waals surface area contributed by atoms with E-state index in [1.165, 1.54) is 16.4 Å². The lowest BCUT2D eigenvalue weighted by molar-refractivity contribution is 0.0730. The topological polar surface area (TPSA) is 95.9 Å². The number of aromatic hydroxyl groups is 1. The molecule has 2 aromatic carbocycles. The lowest BCUT2D eigenvalue weighted by Gasteiger charge is -2.32. The first-order valence-corrected chi connectivity index (χ1v) is 9.84. The normalized spacial score (nSPS) is 15.7. The third-order valence-electron chi connectivity index (χ3n) is 4.25. The second-order valence-corrected chi connectivity index (χ2v) is 7.81. The van der Waals surface area contributed by atoms with Crippen LogP contribution in [0.5, 0.6) is 5.75 Å². The Morgan fingerprint density at radius 2 is 1.81 bits per heavy atom. The monoisotopic (exact) mass is 386 g/mol. The SMILES string of the molecule is O=S(=O)(N1CCOCC1)N(c1ccccc1)c1ncc2ccc(O)cc2n1. The van der Waals surface area contributed by atoms with E-state index >= 15 is 0 Å². The quantitative estimate of drug-likeness (QED) is 0.737. The van der Waals surface area contributed by atoms with Crippen LogP contribution in [0.25, 0.3) is 10.9 Å². The van der Waals surface area contributed by atoms with Crippen molar-refractivity contribution in [3.05, 3.63) is 54.7 Å². The number of fused-ring (bicyclic) bond motifs is 1. The standard InChI is InChI=1S/C18H18N4O4S/c23-16-7-6-14-13-19-18(20-17(14)12-16)22(15-4-2-1-3-5-15)27(24,25)21-8-10-26-11-9-21/h1-7,12-13,23H,8-11H2. The molecule has 0 bridgehead atoms. The van der Waals surface area contributed by atoms with Crippen LogP contribution in [-0.4, -0.2) is 54.1 Å². The van der Waals surface area contributed by atoms with Gasteiger partial charge in [0.25, 0.3) is 0 Å². The minimum Gasteiger partial charge on any atom is -0.508 e. The zero-order chi connectivity index (χ0) is 18.9. The summed E-state index contributed by atoms with van der Waals surface area (Å²) in [5, 5.41) is 10.4. The molecule has 0 aliphatic carbocycles. The molecule has 1 saturated heterocycles. The van der Waals surface area contributed by atoms with E-state index in [4.69, 9.17) is 4.74 Å². The Bertz CT molecular complexity index is 1050. The zero-order valence-electron chi connectivity index (χ0n) is 14.4. The molecular formula is C18H18N4O4S. The van der Waals surface area contributed by atoms with Crippen LogP contribution in [0.4, 0.5) is 11.6 Å². The molecule has 1 fully saturated rings. The Hall–Kier alpha value is -2.75. The van der Waals surface area contributed by atoms with Gasteiger partial charge in [-0.25, -0.2) is 9.97 Å². The molecule has 9 heteroatoms. The van der Waals surface area contributed by atoms with Crippen molar-refractivity contribution in [2.75, 3.05) is 30.6 Å². The van der Waals surface area contributed by atoms with Gasteiger partial charge in [-0.1, -0.05) is 18.2 Å². The third-order valence-corrected chi connectivity index (χ3v) is 6.11. The van der Waals surface area contributed by atoms with E-state index in [1.807, 2.05) is 6.07 Å². The van der Waals surface area contributed by atoms with E-state index in [1.54, 1.807) is 36.5 Å². The molecule has 1 N–H and O–H groups in total. The highest BCUT2D eigenvalue weighted by atomic mass is 32.2. The molecule has 0 radical (unpaired) electrons. The van der Waals surface area contributed by atoms with E-state index in [0.29, 0.717) is 29.8 Å². The van der Waals surface area contributed by atoms with Gasteiger partial charge in [-0.3, -0.25) is 0 Å². The van der Waals surface area contributed by atoms with Crippen molar-refractivity contribution in [3.63, 3.8) is 0 Å². The number of hydrogen-bond donors (Lipinski definition) is 1. The van der Waals surface area contributed by atoms with Gasteiger partial charge in [0.05, 0.1) is 24.4 Å². The van der Waals surface area contributed by atoms with Gasteiger partial charge < -0.3 is 9.84 Å². The zero-order valence-corrected chi connectivity index (χ0v) is 15.2. The summed E-state index contributed by atoms with van der Waals surface area (Å²) >= 11 is 0. The molecule has 1 aliphatic rings. The van der Waals surface area contributed by atoms with Gasteiger partial charge in [-0.2, -0.15) is 17.0 Å². The molecule has 3 aromatic rings. The molecule has 1 aromatic heterocycles. The number of ether oxygens (including phenoxy) is 1. The van der Waals surface area contributed by atoms with E-state index in [9.17, 15) is 13.5 Å². The van der Waals surface area contributed by atoms with Crippen molar-refractivity contribution in [2.24, 2.45) is 0 Å². The highest BCUT2D eigenvalue weighted by Crippen LogP contribution is 2.29. The fourth-order valence-electron chi connectivity index (χ4n) is 2.91. The number of anilines is 2. The summed E-state index contributed by atoms with van der Waals surface area (Å²) in [7, 11) is -3.91. The van der Waals surface area contributed by atoms with Crippen LogP contribution in [-0.2, 0) is 14.9 Å². The summed E-state index contributed by atoms with van der Waals surface area (Å²) in [5.74, 6) is 0.0697. The number of rotatable bonds is 4. The Balaban J connectivity index is 1.86. The number of para-hydroxylation sites is 1. The van der Waals surface area contributed by atoms with Crippen molar-refractivity contribution in [1.82, 2.24) is 14.3 Å². The molecule has 1 aliphatic heterocycles. The Labute approximate surface area is 156 Å². The van der Waals surface area contributed by atoms with Crippen LogP contribution >= 0.6 is 0 Å². The molecule has 4 rings (SSSR count). The first-order chi connectivity index (χ1) is 13.1. The van der Waals surface area contributed by atoms with Crippen LogP contribution in [0, 0.1) is 0 Å². The number of nitrogens with zero attached hydrogens (tertiary/aromatic N) is 4. The van der Waals surface area contributed by atoms with Crippen molar-refractivity contribution in [3.8, 4) is 5.75 Å². The Morgan fingerprint density at radius 1 is 1.07 bits per heavy atom. The predicted molar refractivity (Wildman–Crippen MR) is 101 cm³/mol. The average Bonchev–Trinajstić information content (AvgIpc) is 2.69. The van der Waals surface area contributed by atoms with Crippen LogP contribution in [0.2, 0.25) is 0 Å². The largest absolute Gasteiger partial charge is 0.508 e. The molecule has 27 heavy (non-hydrogen) atoms. The smallest absolute Gasteiger partial charge is 0.311 e. The minimum atomic E-state index is -3.91. The minimum absolute atomic E-state index is 0.0193. The summed E-state index contributed by atoms with van der Waals surface area (Å²) in [5.41, 5.74) is 0.890. The lowest BCUT2D eigenvalue weighted by atomic mass is 10.2. The number of phenols is 1. The van der Waals surface area contributed by atoms with Gasteiger partial charge in [-0.05, 0) is 24.3 Å². The molecule has 8 nitrogen and oxygen atoms in total. The van der Waals surface area contributed by atoms with Gasteiger partial charge in [0.15, 0.2) is 0 Å². The average molecular weight is 386 g/mol. The third kappa shape index (κ3) is 3.44. The molecular weight excluding hydrogens is 368 g/mol. The fraction of sp³-hybridized carbons (Fsp3) is 0.222. The van der Waals surface area contributed by atoms with Crippen molar-refractivity contribution in [2.45, 2.75) is 0 Å². The van der Waals surface area contributed by atoms with E-state index in [2.05, 4.69) is 9.97 Å².